The van der Waals surface area contributed by atoms with E-state index < -0.39 is 11.6 Å². The van der Waals surface area contributed by atoms with Gasteiger partial charge in [-0.05, 0) is 24.6 Å². The molecule has 2 nitrogen and oxygen atoms in total. The molecule has 1 aromatic heterocycles. The van der Waals surface area contributed by atoms with Crippen LogP contribution in [0.15, 0.2) is 17.5 Å². The van der Waals surface area contributed by atoms with Crippen LogP contribution >= 0.6 is 27.3 Å². The van der Waals surface area contributed by atoms with Gasteiger partial charge in [-0.15, -0.1) is 11.3 Å². The zero-order valence-corrected chi connectivity index (χ0v) is 13.0. The van der Waals surface area contributed by atoms with E-state index in [0.29, 0.717) is 17.4 Å². The van der Waals surface area contributed by atoms with Crippen molar-refractivity contribution >= 4 is 33.0 Å². The molecule has 0 aliphatic heterocycles. The van der Waals surface area contributed by atoms with Gasteiger partial charge in [0.05, 0.1) is 17.2 Å². The third-order valence-electron chi connectivity index (χ3n) is 2.68. The molecule has 0 radical (unpaired) electrons. The fourth-order valence-corrected chi connectivity index (χ4v) is 2.79. The topological polar surface area (TPSA) is 16.1 Å². The molecule has 2 aromatic rings. The van der Waals surface area contributed by atoms with Gasteiger partial charge >= 0.3 is 0 Å². The van der Waals surface area contributed by atoms with Gasteiger partial charge in [0.2, 0.25) is 0 Å². The summed E-state index contributed by atoms with van der Waals surface area (Å²) in [5.41, 5.74) is 1.38. The lowest BCUT2D eigenvalue weighted by Gasteiger charge is -2.20. The molecule has 0 fully saturated rings. The summed E-state index contributed by atoms with van der Waals surface area (Å²) in [6, 6.07) is 2.69. The van der Waals surface area contributed by atoms with Crippen molar-refractivity contribution in [1.29, 1.82) is 0 Å². The van der Waals surface area contributed by atoms with Crippen molar-refractivity contribution in [3.8, 4) is 0 Å². The Labute approximate surface area is 123 Å². The van der Waals surface area contributed by atoms with Crippen molar-refractivity contribution in [2.24, 2.45) is 0 Å². The predicted octanol–water partition coefficient (Wildman–Crippen LogP) is 4.26. The molecule has 1 heterocycles. The Morgan fingerprint density at radius 2 is 1.95 bits per heavy atom. The van der Waals surface area contributed by atoms with Crippen LogP contribution in [-0.2, 0) is 11.9 Å². The molecule has 0 atom stereocenters. The smallest absolute Gasteiger partial charge is 0.149 e. The van der Waals surface area contributed by atoms with Crippen LogP contribution in [0, 0.1) is 18.6 Å². The first-order chi connectivity index (χ1) is 9.01. The minimum absolute atomic E-state index is 0.0182. The summed E-state index contributed by atoms with van der Waals surface area (Å²) in [4.78, 5) is 5.83. The molecule has 102 valence electrons. The summed E-state index contributed by atoms with van der Waals surface area (Å²) in [5, 5.41) is 3.27. The molecule has 0 unspecified atom stereocenters. The highest BCUT2D eigenvalue weighted by Crippen LogP contribution is 2.26. The first-order valence-electron chi connectivity index (χ1n) is 5.67. The summed E-state index contributed by atoms with van der Waals surface area (Å²) in [6.45, 7) is 2.28. The molecule has 0 spiro atoms. The molecule has 6 heteroatoms. The Morgan fingerprint density at radius 3 is 2.42 bits per heavy atom. The highest BCUT2D eigenvalue weighted by atomic mass is 79.9. The molecule has 0 bridgehead atoms. The standard InChI is InChI=1S/C13H13BrF2N2S/c1-8-17-10(7-19-8)6-18(2)13-11(15)3-9(5-14)4-12(13)16/h3-4,7H,5-6H2,1-2H3. The maximum atomic E-state index is 13.9. The third kappa shape index (κ3) is 3.30. The monoisotopic (exact) mass is 346 g/mol. The van der Waals surface area contributed by atoms with Crippen molar-refractivity contribution in [3.05, 3.63) is 45.4 Å². The summed E-state index contributed by atoms with van der Waals surface area (Å²) >= 11 is 4.71. The lowest BCUT2D eigenvalue weighted by atomic mass is 10.2. The van der Waals surface area contributed by atoms with E-state index in [-0.39, 0.29) is 5.69 Å². The largest absolute Gasteiger partial charge is 0.364 e. The molecular formula is C13H13BrF2N2S. The lowest BCUT2D eigenvalue weighted by molar-refractivity contribution is 0.574. The van der Waals surface area contributed by atoms with Gasteiger partial charge in [-0.3, -0.25) is 0 Å². The maximum absolute atomic E-state index is 13.9. The average molecular weight is 347 g/mol. The second-order valence-corrected chi connectivity index (χ2v) is 5.88. The number of aromatic nitrogens is 1. The summed E-state index contributed by atoms with van der Waals surface area (Å²) < 4.78 is 27.9. The highest BCUT2D eigenvalue weighted by Gasteiger charge is 2.16. The fourth-order valence-electron chi connectivity index (χ4n) is 1.86. The van der Waals surface area contributed by atoms with Gasteiger partial charge in [0, 0.05) is 17.8 Å². The number of hydrogen-bond donors (Lipinski definition) is 0. The highest BCUT2D eigenvalue weighted by molar-refractivity contribution is 9.08. The van der Waals surface area contributed by atoms with Crippen molar-refractivity contribution in [3.63, 3.8) is 0 Å². The van der Waals surface area contributed by atoms with Crippen LogP contribution in [0.5, 0.6) is 0 Å². The molecule has 1 aromatic carbocycles. The Hall–Kier alpha value is -1.01. The normalized spacial score (nSPS) is 10.8. The van der Waals surface area contributed by atoms with Crippen LogP contribution in [0.3, 0.4) is 0 Å². The Bertz CT molecular complexity index is 563. The molecule has 0 saturated carbocycles. The van der Waals surface area contributed by atoms with Crippen LogP contribution < -0.4 is 4.90 Å². The second kappa shape index (κ2) is 5.96. The van der Waals surface area contributed by atoms with Crippen LogP contribution in [0.2, 0.25) is 0 Å². The quantitative estimate of drug-likeness (QED) is 0.769. The summed E-state index contributed by atoms with van der Waals surface area (Å²) in [6.07, 6.45) is 0. The van der Waals surface area contributed by atoms with Gasteiger partial charge in [-0.2, -0.15) is 0 Å². The van der Waals surface area contributed by atoms with E-state index in [1.54, 1.807) is 7.05 Å². The first kappa shape index (κ1) is 14.4. The molecule has 0 saturated heterocycles. The van der Waals surface area contributed by atoms with Crippen molar-refractivity contribution < 1.29 is 8.78 Å². The van der Waals surface area contributed by atoms with Crippen molar-refractivity contribution in [2.75, 3.05) is 11.9 Å². The molecule has 0 aliphatic rings. The molecule has 0 N–H and O–H groups in total. The number of rotatable bonds is 4. The van der Waals surface area contributed by atoms with Gasteiger partial charge in [-0.25, -0.2) is 13.8 Å². The number of nitrogens with zero attached hydrogens (tertiary/aromatic N) is 2. The Balaban J connectivity index is 2.26. The minimum Gasteiger partial charge on any atom is -0.364 e. The van der Waals surface area contributed by atoms with E-state index in [9.17, 15) is 8.78 Å². The van der Waals surface area contributed by atoms with Gasteiger partial charge < -0.3 is 4.90 Å². The minimum atomic E-state index is -0.552. The lowest BCUT2D eigenvalue weighted by Crippen LogP contribution is -2.19. The van der Waals surface area contributed by atoms with Crippen LogP contribution in [-0.4, -0.2) is 12.0 Å². The number of halogens is 3. The molecule has 2 rings (SSSR count). The second-order valence-electron chi connectivity index (χ2n) is 4.26. The van der Waals surface area contributed by atoms with E-state index >= 15 is 0 Å². The fraction of sp³-hybridized carbons (Fsp3) is 0.308. The zero-order chi connectivity index (χ0) is 14.0. The third-order valence-corrected chi connectivity index (χ3v) is 4.15. The maximum Gasteiger partial charge on any atom is 0.149 e. The Kier molecular flexibility index (Phi) is 4.52. The number of aryl methyl sites for hydroxylation is 1. The van der Waals surface area contributed by atoms with Crippen LogP contribution in [0.25, 0.3) is 0 Å². The van der Waals surface area contributed by atoms with Gasteiger partial charge in [0.15, 0.2) is 0 Å². The first-order valence-corrected chi connectivity index (χ1v) is 7.67. The summed E-state index contributed by atoms with van der Waals surface area (Å²) in [7, 11) is 1.66. The van der Waals surface area contributed by atoms with Gasteiger partial charge in [0.1, 0.15) is 17.3 Å². The Morgan fingerprint density at radius 1 is 1.32 bits per heavy atom. The van der Waals surface area contributed by atoms with E-state index in [1.807, 2.05) is 12.3 Å². The average Bonchev–Trinajstić information content (AvgIpc) is 2.73. The zero-order valence-electron chi connectivity index (χ0n) is 10.6. The van der Waals surface area contributed by atoms with E-state index in [4.69, 9.17) is 0 Å². The number of anilines is 1. The molecule has 0 aliphatic carbocycles. The van der Waals surface area contributed by atoms with E-state index in [2.05, 4.69) is 20.9 Å². The molecule has 0 amide bonds. The number of hydrogen-bond acceptors (Lipinski definition) is 3. The SMILES string of the molecule is Cc1nc(CN(C)c2c(F)cc(CBr)cc2F)cs1. The number of thiazole rings is 1. The van der Waals surface area contributed by atoms with Crippen molar-refractivity contribution in [1.82, 2.24) is 4.98 Å². The molecular weight excluding hydrogens is 334 g/mol. The van der Waals surface area contributed by atoms with Gasteiger partial charge in [0.25, 0.3) is 0 Å². The number of benzene rings is 1. The van der Waals surface area contributed by atoms with Crippen LogP contribution in [0.4, 0.5) is 14.5 Å². The molecule has 19 heavy (non-hydrogen) atoms. The summed E-state index contributed by atoms with van der Waals surface area (Å²) in [5.74, 6) is -1.10. The van der Waals surface area contributed by atoms with Crippen LogP contribution in [0.1, 0.15) is 16.3 Å². The van der Waals surface area contributed by atoms with Gasteiger partial charge in [-0.1, -0.05) is 15.9 Å². The number of alkyl halides is 1. The van der Waals surface area contributed by atoms with E-state index in [1.165, 1.54) is 28.4 Å². The van der Waals surface area contributed by atoms with E-state index in [0.717, 1.165) is 10.7 Å². The predicted molar refractivity (Wildman–Crippen MR) is 77.9 cm³/mol. The van der Waals surface area contributed by atoms with Crippen molar-refractivity contribution in [2.45, 2.75) is 18.8 Å².